The molecule has 0 N–H and O–H groups in total. The highest BCUT2D eigenvalue weighted by atomic mass is 35.5. The fourth-order valence-electron chi connectivity index (χ4n) is 2.87. The number of aromatic nitrogens is 1. The van der Waals surface area contributed by atoms with Crippen molar-refractivity contribution in [3.05, 3.63) is 83.5 Å². The predicted molar refractivity (Wildman–Crippen MR) is 99.3 cm³/mol. The van der Waals surface area contributed by atoms with Crippen LogP contribution in [-0.4, -0.2) is 21.9 Å². The number of aryl methyl sites for hydroxylation is 1. The van der Waals surface area contributed by atoms with Crippen LogP contribution in [-0.2, 0) is 13.6 Å². The zero-order valence-corrected chi connectivity index (χ0v) is 14.3. The minimum absolute atomic E-state index is 0.0338. The summed E-state index contributed by atoms with van der Waals surface area (Å²) >= 11 is 6.26. The molecule has 0 aliphatic carbocycles. The standard InChI is InChI=1S/C20H19ClN2O/c1-3-12-23(14-15-8-5-4-6-9-15)20(24)19-13-16-17(21)10-7-11-18(16)22(19)2/h3-11,13H,1,12,14H2,2H3. The number of carbonyl (C=O) groups is 1. The van der Waals surface area contributed by atoms with Crippen molar-refractivity contribution in [3.8, 4) is 0 Å². The third-order valence-electron chi connectivity index (χ3n) is 4.11. The number of hydrogen-bond donors (Lipinski definition) is 0. The Morgan fingerprint density at radius 1 is 1.21 bits per heavy atom. The van der Waals surface area contributed by atoms with Crippen LogP contribution in [0, 0.1) is 0 Å². The van der Waals surface area contributed by atoms with Crippen molar-refractivity contribution in [2.75, 3.05) is 6.54 Å². The first kappa shape index (κ1) is 16.3. The van der Waals surface area contributed by atoms with Crippen LogP contribution in [0.2, 0.25) is 5.02 Å². The van der Waals surface area contributed by atoms with Crippen molar-refractivity contribution < 1.29 is 4.79 Å². The summed E-state index contributed by atoms with van der Waals surface area (Å²) in [6.45, 7) is 4.81. The van der Waals surface area contributed by atoms with E-state index < -0.39 is 0 Å². The molecular formula is C20H19ClN2O. The number of hydrogen-bond acceptors (Lipinski definition) is 1. The number of amides is 1. The van der Waals surface area contributed by atoms with Crippen molar-refractivity contribution in [1.29, 1.82) is 0 Å². The van der Waals surface area contributed by atoms with Gasteiger partial charge in [-0.2, -0.15) is 0 Å². The highest BCUT2D eigenvalue weighted by Crippen LogP contribution is 2.27. The Balaban J connectivity index is 1.97. The predicted octanol–water partition coefficient (Wildman–Crippen LogP) is 4.66. The Labute approximate surface area is 146 Å². The molecular weight excluding hydrogens is 320 g/mol. The van der Waals surface area contributed by atoms with Gasteiger partial charge in [0.2, 0.25) is 0 Å². The van der Waals surface area contributed by atoms with Gasteiger partial charge in [-0.3, -0.25) is 4.79 Å². The Morgan fingerprint density at radius 3 is 2.62 bits per heavy atom. The molecule has 0 aliphatic rings. The van der Waals surface area contributed by atoms with E-state index >= 15 is 0 Å². The van der Waals surface area contributed by atoms with Crippen molar-refractivity contribution >= 4 is 28.4 Å². The lowest BCUT2D eigenvalue weighted by atomic mass is 10.2. The monoisotopic (exact) mass is 338 g/mol. The Kier molecular flexibility index (Phi) is 4.72. The smallest absolute Gasteiger partial charge is 0.271 e. The third-order valence-corrected chi connectivity index (χ3v) is 4.44. The van der Waals surface area contributed by atoms with Crippen LogP contribution in [0.5, 0.6) is 0 Å². The van der Waals surface area contributed by atoms with Gasteiger partial charge >= 0.3 is 0 Å². The topological polar surface area (TPSA) is 25.2 Å². The second-order valence-electron chi connectivity index (χ2n) is 5.72. The summed E-state index contributed by atoms with van der Waals surface area (Å²) in [5.74, 6) is -0.0338. The first-order valence-electron chi connectivity index (χ1n) is 7.80. The van der Waals surface area contributed by atoms with E-state index in [0.29, 0.717) is 23.8 Å². The van der Waals surface area contributed by atoms with Gasteiger partial charge in [0.25, 0.3) is 5.91 Å². The minimum atomic E-state index is -0.0338. The molecule has 2 aromatic carbocycles. The van der Waals surface area contributed by atoms with Crippen molar-refractivity contribution in [2.45, 2.75) is 6.54 Å². The summed E-state index contributed by atoms with van der Waals surface area (Å²) in [5.41, 5.74) is 2.66. The van der Waals surface area contributed by atoms with E-state index in [1.54, 1.807) is 11.0 Å². The van der Waals surface area contributed by atoms with Crippen LogP contribution in [0.3, 0.4) is 0 Å². The summed E-state index contributed by atoms with van der Waals surface area (Å²) in [7, 11) is 1.89. The fraction of sp³-hybridized carbons (Fsp3) is 0.150. The second kappa shape index (κ2) is 6.93. The van der Waals surface area contributed by atoms with E-state index in [1.807, 2.05) is 66.2 Å². The van der Waals surface area contributed by atoms with Gasteiger partial charge in [0, 0.05) is 36.1 Å². The Hall–Kier alpha value is -2.52. The van der Waals surface area contributed by atoms with E-state index in [1.165, 1.54) is 0 Å². The number of rotatable bonds is 5. The molecule has 0 bridgehead atoms. The maximum absolute atomic E-state index is 13.1. The van der Waals surface area contributed by atoms with Crippen molar-refractivity contribution in [3.63, 3.8) is 0 Å². The van der Waals surface area contributed by atoms with E-state index in [2.05, 4.69) is 6.58 Å². The molecule has 0 saturated carbocycles. The molecule has 1 amide bonds. The lowest BCUT2D eigenvalue weighted by Crippen LogP contribution is -2.32. The highest BCUT2D eigenvalue weighted by molar-refractivity contribution is 6.35. The largest absolute Gasteiger partial charge is 0.340 e. The number of fused-ring (bicyclic) bond motifs is 1. The van der Waals surface area contributed by atoms with E-state index in [-0.39, 0.29) is 5.91 Å². The molecule has 1 heterocycles. The Morgan fingerprint density at radius 2 is 1.96 bits per heavy atom. The van der Waals surface area contributed by atoms with Gasteiger partial charge in [0.05, 0.1) is 0 Å². The summed E-state index contributed by atoms with van der Waals surface area (Å²) in [6, 6.07) is 17.5. The van der Waals surface area contributed by atoms with Gasteiger partial charge in [-0.1, -0.05) is 54.1 Å². The fourth-order valence-corrected chi connectivity index (χ4v) is 3.09. The molecule has 0 unspecified atom stereocenters. The Bertz CT molecular complexity index is 883. The van der Waals surface area contributed by atoms with Crippen LogP contribution in [0.25, 0.3) is 10.9 Å². The second-order valence-corrected chi connectivity index (χ2v) is 6.13. The van der Waals surface area contributed by atoms with Gasteiger partial charge < -0.3 is 9.47 Å². The molecule has 0 aliphatic heterocycles. The molecule has 24 heavy (non-hydrogen) atoms. The molecule has 3 nitrogen and oxygen atoms in total. The van der Waals surface area contributed by atoms with E-state index in [0.717, 1.165) is 16.5 Å². The van der Waals surface area contributed by atoms with Gasteiger partial charge in [-0.15, -0.1) is 6.58 Å². The zero-order valence-electron chi connectivity index (χ0n) is 13.6. The maximum atomic E-state index is 13.1. The van der Waals surface area contributed by atoms with Crippen molar-refractivity contribution in [1.82, 2.24) is 9.47 Å². The van der Waals surface area contributed by atoms with Crippen LogP contribution >= 0.6 is 11.6 Å². The first-order chi connectivity index (χ1) is 11.6. The number of nitrogens with zero attached hydrogens (tertiary/aromatic N) is 2. The molecule has 0 spiro atoms. The summed E-state index contributed by atoms with van der Waals surface area (Å²) in [5, 5.41) is 1.55. The average Bonchev–Trinajstić information content (AvgIpc) is 2.93. The summed E-state index contributed by atoms with van der Waals surface area (Å²) in [4.78, 5) is 14.8. The lowest BCUT2D eigenvalue weighted by molar-refractivity contribution is 0.0753. The molecule has 3 aromatic rings. The van der Waals surface area contributed by atoms with E-state index in [9.17, 15) is 4.79 Å². The van der Waals surface area contributed by atoms with Crippen LogP contribution in [0.1, 0.15) is 16.1 Å². The lowest BCUT2D eigenvalue weighted by Gasteiger charge is -2.21. The molecule has 1 aromatic heterocycles. The van der Waals surface area contributed by atoms with E-state index in [4.69, 9.17) is 11.6 Å². The first-order valence-corrected chi connectivity index (χ1v) is 8.17. The third kappa shape index (κ3) is 3.08. The highest BCUT2D eigenvalue weighted by Gasteiger charge is 2.20. The van der Waals surface area contributed by atoms with Crippen LogP contribution < -0.4 is 0 Å². The number of halogens is 1. The molecule has 3 rings (SSSR count). The molecule has 0 atom stereocenters. The van der Waals surface area contributed by atoms with Crippen molar-refractivity contribution in [2.24, 2.45) is 7.05 Å². The van der Waals surface area contributed by atoms with Gasteiger partial charge in [-0.25, -0.2) is 0 Å². The normalized spacial score (nSPS) is 10.8. The number of carbonyl (C=O) groups excluding carboxylic acids is 1. The molecule has 122 valence electrons. The SMILES string of the molecule is C=CCN(Cc1ccccc1)C(=O)c1cc2c(Cl)cccc2n1C. The minimum Gasteiger partial charge on any atom is -0.340 e. The molecule has 0 saturated heterocycles. The van der Waals surface area contributed by atoms with Gasteiger partial charge in [-0.05, 0) is 23.8 Å². The van der Waals surface area contributed by atoms with Gasteiger partial charge in [0.1, 0.15) is 5.69 Å². The van der Waals surface area contributed by atoms with Gasteiger partial charge in [0.15, 0.2) is 0 Å². The van der Waals surface area contributed by atoms with Crippen LogP contribution in [0.15, 0.2) is 67.3 Å². The maximum Gasteiger partial charge on any atom is 0.271 e. The summed E-state index contributed by atoms with van der Waals surface area (Å²) < 4.78 is 1.89. The average molecular weight is 339 g/mol. The molecule has 4 heteroatoms. The van der Waals surface area contributed by atoms with Crippen LogP contribution in [0.4, 0.5) is 0 Å². The number of benzene rings is 2. The zero-order chi connectivity index (χ0) is 17.1. The quantitative estimate of drug-likeness (QED) is 0.621. The molecule has 0 radical (unpaired) electrons. The molecule has 0 fully saturated rings. The summed E-state index contributed by atoms with van der Waals surface area (Å²) in [6.07, 6.45) is 1.75.